The third-order valence-corrected chi connectivity index (χ3v) is 9.24. The molecule has 0 aliphatic carbocycles. The van der Waals surface area contributed by atoms with Gasteiger partial charge in [0.1, 0.15) is 11.2 Å². The van der Waals surface area contributed by atoms with Gasteiger partial charge in [0.2, 0.25) is 0 Å². The summed E-state index contributed by atoms with van der Waals surface area (Å²) in [6.07, 6.45) is 3.43. The second-order valence-corrected chi connectivity index (χ2v) is 12.3. The largest absolute Gasteiger partial charge is 0.455 e. The van der Waals surface area contributed by atoms with Gasteiger partial charge in [-0.2, -0.15) is 0 Å². The molecule has 6 aromatic carbocycles. The van der Waals surface area contributed by atoms with Crippen molar-refractivity contribution in [2.75, 3.05) is 0 Å². The monoisotopic (exact) mass is 620 g/mol. The fourth-order valence-corrected chi connectivity index (χ4v) is 6.85. The van der Waals surface area contributed by atoms with Gasteiger partial charge in [0.05, 0.1) is 16.4 Å². The van der Waals surface area contributed by atoms with E-state index in [1.807, 2.05) is 42.5 Å². The summed E-state index contributed by atoms with van der Waals surface area (Å²) < 4.78 is 8.83. The number of aromatic nitrogens is 4. The number of fused-ring (bicyclic) bond motifs is 7. The van der Waals surface area contributed by atoms with Crippen LogP contribution in [-0.2, 0) is 6.42 Å². The summed E-state index contributed by atoms with van der Waals surface area (Å²) in [4.78, 5) is 15.0. The number of hydrogen-bond acceptors (Lipinski definition) is 4. The third-order valence-electron chi connectivity index (χ3n) is 9.24. The summed E-state index contributed by atoms with van der Waals surface area (Å²) in [5.74, 6) is 1.95. The van der Waals surface area contributed by atoms with Crippen LogP contribution in [0, 0.1) is 0 Å². The van der Waals surface area contributed by atoms with Crippen molar-refractivity contribution in [3.8, 4) is 39.9 Å². The zero-order chi connectivity index (χ0) is 32.0. The zero-order valence-electron chi connectivity index (χ0n) is 26.6. The molecule has 0 radical (unpaired) electrons. The van der Waals surface area contributed by atoms with Crippen molar-refractivity contribution in [3.05, 3.63) is 145 Å². The predicted molar refractivity (Wildman–Crippen MR) is 196 cm³/mol. The minimum atomic E-state index is 0.635. The van der Waals surface area contributed by atoms with E-state index in [-0.39, 0.29) is 0 Å². The Balaban J connectivity index is 1.22. The Bertz CT molecular complexity index is 2600. The van der Waals surface area contributed by atoms with Gasteiger partial charge in [-0.25, -0.2) is 15.0 Å². The predicted octanol–water partition coefficient (Wildman–Crippen LogP) is 11.2. The van der Waals surface area contributed by atoms with Gasteiger partial charge in [-0.15, -0.1) is 0 Å². The Morgan fingerprint density at radius 1 is 0.542 bits per heavy atom. The lowest BCUT2D eigenvalue weighted by Gasteiger charge is -2.12. The molecule has 0 amide bonds. The van der Waals surface area contributed by atoms with Crippen molar-refractivity contribution in [1.82, 2.24) is 19.5 Å². The zero-order valence-corrected chi connectivity index (χ0v) is 26.6. The lowest BCUT2D eigenvalue weighted by molar-refractivity contribution is 0.673. The van der Waals surface area contributed by atoms with Crippen molar-refractivity contribution in [3.63, 3.8) is 0 Å². The average Bonchev–Trinajstić information content (AvgIpc) is 3.70. The number of aryl methyl sites for hydroxylation is 1. The van der Waals surface area contributed by atoms with Crippen molar-refractivity contribution >= 4 is 43.7 Å². The van der Waals surface area contributed by atoms with Crippen molar-refractivity contribution in [2.45, 2.75) is 26.2 Å². The van der Waals surface area contributed by atoms with Crippen LogP contribution in [0.2, 0.25) is 0 Å². The number of unbranched alkanes of at least 4 members (excludes halogenated alkanes) is 1. The molecule has 48 heavy (non-hydrogen) atoms. The van der Waals surface area contributed by atoms with Crippen LogP contribution in [0.4, 0.5) is 0 Å². The molecule has 230 valence electrons. The van der Waals surface area contributed by atoms with Gasteiger partial charge in [-0.1, -0.05) is 116 Å². The van der Waals surface area contributed by atoms with Crippen LogP contribution in [0.5, 0.6) is 0 Å². The molecule has 5 heteroatoms. The van der Waals surface area contributed by atoms with E-state index in [0.717, 1.165) is 72.5 Å². The first-order valence-electron chi connectivity index (χ1n) is 16.6. The number of para-hydroxylation sites is 2. The summed E-state index contributed by atoms with van der Waals surface area (Å²) in [5.41, 5.74) is 9.22. The Hall–Kier alpha value is -6.07. The second kappa shape index (κ2) is 11.6. The van der Waals surface area contributed by atoms with Gasteiger partial charge in [-0.05, 0) is 54.8 Å². The molecule has 0 spiro atoms. The SMILES string of the molecule is CCCCc1ccc(-c2nc(-c3ccccc3)nc(-c3cccc(-n4c5ccccc5c5c6oc7ccccc7c6ccc54)c3)n2)cc1. The van der Waals surface area contributed by atoms with Crippen LogP contribution in [0.1, 0.15) is 25.3 Å². The maximum Gasteiger partial charge on any atom is 0.164 e. The smallest absolute Gasteiger partial charge is 0.164 e. The maximum absolute atomic E-state index is 6.51. The normalized spacial score (nSPS) is 11.7. The highest BCUT2D eigenvalue weighted by molar-refractivity contribution is 6.23. The van der Waals surface area contributed by atoms with Crippen LogP contribution in [-0.4, -0.2) is 19.5 Å². The van der Waals surface area contributed by atoms with Crippen LogP contribution in [0.15, 0.2) is 144 Å². The van der Waals surface area contributed by atoms with Gasteiger partial charge >= 0.3 is 0 Å². The number of hydrogen-bond donors (Lipinski definition) is 0. The summed E-state index contributed by atoms with van der Waals surface area (Å²) in [6.45, 7) is 2.22. The minimum absolute atomic E-state index is 0.635. The van der Waals surface area contributed by atoms with Gasteiger partial charge in [0, 0.05) is 38.5 Å². The first kappa shape index (κ1) is 28.2. The number of furan rings is 1. The van der Waals surface area contributed by atoms with Crippen LogP contribution in [0.25, 0.3) is 83.6 Å². The molecule has 0 saturated heterocycles. The first-order valence-corrected chi connectivity index (χ1v) is 16.6. The van der Waals surface area contributed by atoms with E-state index in [9.17, 15) is 0 Å². The number of rotatable bonds is 7. The molecule has 0 saturated carbocycles. The Morgan fingerprint density at radius 3 is 2.00 bits per heavy atom. The number of nitrogens with zero attached hydrogens (tertiary/aromatic N) is 4. The van der Waals surface area contributed by atoms with Crippen LogP contribution >= 0.6 is 0 Å². The summed E-state index contributed by atoms with van der Waals surface area (Å²) in [7, 11) is 0. The molecule has 3 aromatic heterocycles. The lowest BCUT2D eigenvalue weighted by Crippen LogP contribution is -2.01. The molecule has 0 aliphatic heterocycles. The average molecular weight is 621 g/mol. The molecule has 0 unspecified atom stereocenters. The Labute approximate surface area is 278 Å². The summed E-state index contributed by atoms with van der Waals surface area (Å²) in [6, 6.07) is 48.5. The molecule has 9 aromatic rings. The molecule has 0 bridgehead atoms. The highest BCUT2D eigenvalue weighted by atomic mass is 16.3. The number of benzene rings is 6. The van der Waals surface area contributed by atoms with Crippen molar-refractivity contribution in [2.24, 2.45) is 0 Å². The van der Waals surface area contributed by atoms with E-state index in [0.29, 0.717) is 17.5 Å². The maximum atomic E-state index is 6.51. The van der Waals surface area contributed by atoms with Gasteiger partial charge < -0.3 is 8.98 Å². The molecule has 0 atom stereocenters. The minimum Gasteiger partial charge on any atom is -0.455 e. The second-order valence-electron chi connectivity index (χ2n) is 12.3. The van der Waals surface area contributed by atoms with Gasteiger partial charge in [0.15, 0.2) is 17.5 Å². The first-order chi connectivity index (χ1) is 23.7. The van der Waals surface area contributed by atoms with E-state index in [1.54, 1.807) is 0 Å². The third kappa shape index (κ3) is 4.75. The quantitative estimate of drug-likeness (QED) is 0.178. The van der Waals surface area contributed by atoms with E-state index >= 15 is 0 Å². The topological polar surface area (TPSA) is 56.7 Å². The standard InChI is InChI=1S/C43H32N4O/c1-2-3-12-28-21-23-30(24-22-28)42-44-41(29-13-5-4-6-14-29)45-43(46-42)31-15-11-16-32(27-31)47-36-19-9-7-18-35(36)39-37(47)26-25-34-33-17-8-10-20-38(33)48-40(34)39/h4-11,13-27H,2-3,12H2,1H3. The Kier molecular flexibility index (Phi) is 6.82. The van der Waals surface area contributed by atoms with E-state index in [1.165, 1.54) is 18.4 Å². The highest BCUT2D eigenvalue weighted by Crippen LogP contribution is 2.40. The van der Waals surface area contributed by atoms with Crippen LogP contribution < -0.4 is 0 Å². The molecule has 9 rings (SSSR count). The molecule has 0 aliphatic rings. The molecular formula is C43H32N4O. The van der Waals surface area contributed by atoms with Crippen molar-refractivity contribution < 1.29 is 4.42 Å². The summed E-state index contributed by atoms with van der Waals surface area (Å²) in [5, 5.41) is 4.52. The Morgan fingerprint density at radius 2 is 1.21 bits per heavy atom. The van der Waals surface area contributed by atoms with Gasteiger partial charge in [0.25, 0.3) is 0 Å². The van der Waals surface area contributed by atoms with E-state index in [2.05, 4.69) is 109 Å². The van der Waals surface area contributed by atoms with Gasteiger partial charge in [-0.3, -0.25) is 0 Å². The molecule has 5 nitrogen and oxygen atoms in total. The van der Waals surface area contributed by atoms with Crippen LogP contribution in [0.3, 0.4) is 0 Å². The molecular weight excluding hydrogens is 589 g/mol. The highest BCUT2D eigenvalue weighted by Gasteiger charge is 2.19. The molecule has 3 heterocycles. The summed E-state index contributed by atoms with van der Waals surface area (Å²) >= 11 is 0. The molecule has 0 fully saturated rings. The molecule has 0 N–H and O–H groups in total. The fourth-order valence-electron chi connectivity index (χ4n) is 6.85. The van der Waals surface area contributed by atoms with Crippen molar-refractivity contribution in [1.29, 1.82) is 0 Å². The van der Waals surface area contributed by atoms with E-state index < -0.39 is 0 Å². The lowest BCUT2D eigenvalue weighted by atomic mass is 10.1. The fraction of sp³-hybridized carbons (Fsp3) is 0.0930. The van der Waals surface area contributed by atoms with E-state index in [4.69, 9.17) is 19.4 Å².